The van der Waals surface area contributed by atoms with E-state index in [1.165, 1.54) is 17.5 Å². The fraction of sp³-hybridized carbons (Fsp3) is 0.318. The van der Waals surface area contributed by atoms with Crippen LogP contribution in [0.4, 0.5) is 5.69 Å². The van der Waals surface area contributed by atoms with E-state index < -0.39 is 0 Å². The van der Waals surface area contributed by atoms with Crippen LogP contribution in [0.2, 0.25) is 0 Å². The maximum atomic E-state index is 12.2. The number of anilines is 1. The molecule has 0 unspecified atom stereocenters. The van der Waals surface area contributed by atoms with Gasteiger partial charge in [0.25, 0.3) is 0 Å². The number of halogens is 1. The topological polar surface area (TPSA) is 50.4 Å². The van der Waals surface area contributed by atoms with Gasteiger partial charge in [-0.1, -0.05) is 63.1 Å². The molecule has 2 N–H and O–H groups in total. The van der Waals surface area contributed by atoms with Gasteiger partial charge in [-0.25, -0.2) is 0 Å². The first-order valence-corrected chi connectivity index (χ1v) is 10.6. The molecule has 150 valence electrons. The monoisotopic (exact) mass is 418 g/mol. The first kappa shape index (κ1) is 22.2. The Hall–Kier alpha value is -2.11. The smallest absolute Gasteiger partial charge is 0.244 e. The first-order chi connectivity index (χ1) is 13.2. The summed E-state index contributed by atoms with van der Waals surface area (Å²) in [5.74, 6) is 0.381. The van der Waals surface area contributed by atoms with Crippen molar-refractivity contribution in [1.82, 2.24) is 5.32 Å². The van der Waals surface area contributed by atoms with Gasteiger partial charge in [0.1, 0.15) is 11.9 Å². The molecule has 0 saturated heterocycles. The van der Waals surface area contributed by atoms with Crippen molar-refractivity contribution in [2.75, 3.05) is 11.0 Å². The van der Waals surface area contributed by atoms with Gasteiger partial charge in [-0.15, -0.1) is 0 Å². The third-order valence-electron chi connectivity index (χ3n) is 4.32. The highest BCUT2D eigenvalue weighted by Crippen LogP contribution is 2.32. The molecular weight excluding hydrogens is 392 g/mol. The highest BCUT2D eigenvalue weighted by Gasteiger charge is 2.12. The molecule has 0 aliphatic rings. The van der Waals surface area contributed by atoms with Gasteiger partial charge in [-0.05, 0) is 46.7 Å². The van der Waals surface area contributed by atoms with Crippen molar-refractivity contribution in [1.29, 1.82) is 0 Å². The molecule has 6 heteroatoms. The Morgan fingerprint density at radius 1 is 1.21 bits per heavy atom. The Kier molecular flexibility index (Phi) is 7.84. The average Bonchev–Trinajstić information content (AvgIpc) is 2.66. The van der Waals surface area contributed by atoms with Crippen LogP contribution in [-0.2, 0) is 16.8 Å². The van der Waals surface area contributed by atoms with Gasteiger partial charge < -0.3 is 14.3 Å². The van der Waals surface area contributed by atoms with E-state index in [9.17, 15) is 4.79 Å². The van der Waals surface area contributed by atoms with Gasteiger partial charge >= 0.3 is 0 Å². The van der Waals surface area contributed by atoms with Crippen LogP contribution in [0.25, 0.3) is 6.08 Å². The molecule has 0 bridgehead atoms. The number of benzene rings is 2. The zero-order chi connectivity index (χ0) is 20.7. The number of nitrogens with one attached hydrogen (secondary N) is 2. The molecule has 2 aromatic carbocycles. The van der Waals surface area contributed by atoms with E-state index in [4.69, 9.17) is 16.2 Å². The molecule has 0 radical (unpaired) electrons. The Labute approximate surface area is 177 Å². The molecule has 0 spiro atoms. The third kappa shape index (κ3) is 6.21. The minimum Gasteiger partial charge on any atom is -0.383 e. The molecule has 2 aromatic rings. The van der Waals surface area contributed by atoms with Crippen molar-refractivity contribution in [3.8, 4) is 5.75 Å². The highest BCUT2D eigenvalue weighted by molar-refractivity contribution is 7.99. The first-order valence-electron chi connectivity index (χ1n) is 9.02. The summed E-state index contributed by atoms with van der Waals surface area (Å²) in [5.41, 5.74) is 5.11. The number of hydrogen-bond acceptors (Lipinski definition) is 4. The lowest BCUT2D eigenvalue weighted by atomic mass is 9.87. The maximum absolute atomic E-state index is 12.2. The van der Waals surface area contributed by atoms with Crippen LogP contribution in [0.5, 0.6) is 5.75 Å². The fourth-order valence-electron chi connectivity index (χ4n) is 2.74. The molecule has 0 fully saturated rings. The van der Waals surface area contributed by atoms with E-state index in [-0.39, 0.29) is 11.3 Å². The Morgan fingerprint density at radius 3 is 2.46 bits per heavy atom. The maximum Gasteiger partial charge on any atom is 0.244 e. The molecule has 0 atom stereocenters. The van der Waals surface area contributed by atoms with E-state index in [0.29, 0.717) is 12.3 Å². The van der Waals surface area contributed by atoms with Crippen molar-refractivity contribution in [3.63, 3.8) is 0 Å². The van der Waals surface area contributed by atoms with Gasteiger partial charge in [0.2, 0.25) is 5.91 Å². The van der Waals surface area contributed by atoms with Crippen LogP contribution in [0.15, 0.2) is 42.5 Å². The summed E-state index contributed by atoms with van der Waals surface area (Å²) in [5, 5.41) is 2.88. The fourth-order valence-corrected chi connectivity index (χ4v) is 3.32. The molecular formula is C22H27ClN2O2S. The molecule has 4 nitrogen and oxygen atoms in total. The van der Waals surface area contributed by atoms with Crippen molar-refractivity contribution in [2.24, 2.45) is 0 Å². The summed E-state index contributed by atoms with van der Waals surface area (Å²) in [6, 6.07) is 12.0. The van der Waals surface area contributed by atoms with E-state index in [1.54, 1.807) is 6.08 Å². The number of amides is 1. The van der Waals surface area contributed by atoms with Crippen molar-refractivity contribution < 1.29 is 9.08 Å². The number of rotatable bonds is 7. The van der Waals surface area contributed by atoms with E-state index in [1.807, 2.05) is 43.5 Å². The minimum absolute atomic E-state index is 0.115. The Morgan fingerprint density at radius 2 is 1.89 bits per heavy atom. The normalized spacial score (nSPS) is 11.5. The van der Waals surface area contributed by atoms with Crippen molar-refractivity contribution in [2.45, 2.75) is 39.7 Å². The predicted octanol–water partition coefficient (Wildman–Crippen LogP) is 5.84. The standard InChI is InChI=1S/C22H27ClN2O2S/c1-15-12-17(13-19(27-23)21(15)25-28-5)14-24-20(26)11-8-16-6-9-18(10-7-16)22(2,3)4/h6-13,25H,14H2,1-5H3,(H,24,26)/b11-8+. The Balaban J connectivity index is 1.98. The summed E-state index contributed by atoms with van der Waals surface area (Å²) in [4.78, 5) is 12.2. The van der Waals surface area contributed by atoms with Gasteiger partial charge in [0, 0.05) is 18.9 Å². The lowest BCUT2D eigenvalue weighted by Gasteiger charge is -2.18. The Bertz CT molecular complexity index is 843. The number of carbonyl (C=O) groups is 1. The largest absolute Gasteiger partial charge is 0.383 e. The molecule has 0 heterocycles. The molecule has 2 rings (SSSR count). The summed E-state index contributed by atoms with van der Waals surface area (Å²) in [6.45, 7) is 8.89. The summed E-state index contributed by atoms with van der Waals surface area (Å²) >= 11 is 7.04. The number of hydrogen-bond donors (Lipinski definition) is 2. The van der Waals surface area contributed by atoms with Crippen LogP contribution >= 0.6 is 23.8 Å². The van der Waals surface area contributed by atoms with Crippen LogP contribution in [0, 0.1) is 6.92 Å². The van der Waals surface area contributed by atoms with E-state index in [0.717, 1.165) is 22.4 Å². The van der Waals surface area contributed by atoms with Crippen LogP contribution in [-0.4, -0.2) is 12.2 Å². The second-order valence-electron chi connectivity index (χ2n) is 7.59. The molecule has 1 amide bonds. The number of aryl methyl sites for hydroxylation is 1. The predicted molar refractivity (Wildman–Crippen MR) is 121 cm³/mol. The molecule has 28 heavy (non-hydrogen) atoms. The van der Waals surface area contributed by atoms with E-state index in [2.05, 4.69) is 42.9 Å². The SMILES string of the molecule is CSNc1c(C)cc(CNC(=O)/C=C/c2ccc(C(C)(C)C)cc2)cc1OCl. The third-order valence-corrected chi connectivity index (χ3v) is 4.89. The molecule has 0 aliphatic heterocycles. The van der Waals surface area contributed by atoms with Crippen molar-refractivity contribution >= 4 is 41.5 Å². The minimum atomic E-state index is -0.155. The zero-order valence-electron chi connectivity index (χ0n) is 16.9. The van der Waals surface area contributed by atoms with E-state index >= 15 is 0 Å². The van der Waals surface area contributed by atoms with Gasteiger partial charge in [0.05, 0.1) is 5.69 Å². The van der Waals surface area contributed by atoms with Crippen LogP contribution < -0.4 is 14.3 Å². The lowest BCUT2D eigenvalue weighted by molar-refractivity contribution is -0.116. The van der Waals surface area contributed by atoms with Crippen molar-refractivity contribution in [3.05, 3.63) is 64.7 Å². The number of carbonyl (C=O) groups excluding carboxylic acids is 1. The van der Waals surface area contributed by atoms with Gasteiger partial charge in [-0.3, -0.25) is 4.79 Å². The summed E-state index contributed by atoms with van der Waals surface area (Å²) < 4.78 is 8.08. The van der Waals surface area contributed by atoms with Crippen LogP contribution in [0.1, 0.15) is 43.0 Å². The second-order valence-corrected chi connectivity index (χ2v) is 8.36. The highest BCUT2D eigenvalue weighted by atomic mass is 35.5. The average molecular weight is 419 g/mol. The lowest BCUT2D eigenvalue weighted by Crippen LogP contribution is -2.20. The van der Waals surface area contributed by atoms with Gasteiger partial charge in [-0.2, -0.15) is 0 Å². The second kappa shape index (κ2) is 9.89. The molecule has 0 aromatic heterocycles. The zero-order valence-corrected chi connectivity index (χ0v) is 18.5. The quantitative estimate of drug-likeness (QED) is 0.437. The van der Waals surface area contributed by atoms with Crippen LogP contribution in [0.3, 0.4) is 0 Å². The molecule has 0 saturated carbocycles. The summed E-state index contributed by atoms with van der Waals surface area (Å²) in [7, 11) is 0. The van der Waals surface area contributed by atoms with Gasteiger partial charge in [0.15, 0.2) is 5.75 Å². The summed E-state index contributed by atoms with van der Waals surface area (Å²) in [6.07, 6.45) is 5.28. The molecule has 0 aliphatic carbocycles.